The molecule has 0 atom stereocenters. The van der Waals surface area contributed by atoms with Gasteiger partial charge in [0.05, 0.1) is 0 Å². The molecule has 1 saturated carbocycles. The Balaban J connectivity index is 1.70. The lowest BCUT2D eigenvalue weighted by atomic mass is 9.99. The minimum Gasteiger partial charge on any atom is -0.457 e. The van der Waals surface area contributed by atoms with Crippen molar-refractivity contribution in [3.05, 3.63) is 59.7 Å². The summed E-state index contributed by atoms with van der Waals surface area (Å²) in [6.07, 6.45) is 2.51. The van der Waals surface area contributed by atoms with Crippen LogP contribution >= 0.6 is 0 Å². The molecule has 0 amide bonds. The fraction of sp³-hybridized carbons (Fsp3) is 0.278. The Labute approximate surface area is 124 Å². The van der Waals surface area contributed by atoms with Crippen LogP contribution in [0.3, 0.4) is 0 Å². The topological polar surface area (TPSA) is 46.5 Å². The van der Waals surface area contributed by atoms with Crippen LogP contribution in [-0.4, -0.2) is 17.5 Å². The van der Waals surface area contributed by atoms with Crippen molar-refractivity contribution in [1.82, 2.24) is 0 Å². The van der Waals surface area contributed by atoms with Crippen molar-refractivity contribution in [2.45, 2.75) is 25.2 Å². The van der Waals surface area contributed by atoms with Crippen molar-refractivity contribution >= 4 is 5.78 Å². The van der Waals surface area contributed by atoms with Gasteiger partial charge in [-0.25, -0.2) is 0 Å². The molecule has 0 saturated heterocycles. The van der Waals surface area contributed by atoms with Gasteiger partial charge in [-0.2, -0.15) is 0 Å². The van der Waals surface area contributed by atoms with E-state index in [4.69, 9.17) is 9.84 Å². The summed E-state index contributed by atoms with van der Waals surface area (Å²) < 4.78 is 5.76. The minimum absolute atomic E-state index is 0.288. The molecule has 2 aromatic rings. The van der Waals surface area contributed by atoms with E-state index in [1.54, 1.807) is 24.3 Å². The monoisotopic (exact) mass is 282 g/mol. The number of rotatable bonds is 5. The van der Waals surface area contributed by atoms with Crippen LogP contribution in [0.5, 0.6) is 11.5 Å². The van der Waals surface area contributed by atoms with Gasteiger partial charge in [-0.15, -0.1) is 0 Å². The van der Waals surface area contributed by atoms with E-state index < -0.39 is 6.61 Å². The third-order valence-electron chi connectivity index (χ3n) is 4.11. The van der Waals surface area contributed by atoms with E-state index >= 15 is 0 Å². The molecule has 0 unspecified atom stereocenters. The third kappa shape index (κ3) is 2.98. The highest BCUT2D eigenvalue weighted by Crippen LogP contribution is 2.47. The fourth-order valence-electron chi connectivity index (χ4n) is 2.34. The smallest absolute Gasteiger partial charge is 0.188 e. The van der Waals surface area contributed by atoms with Crippen LogP contribution in [-0.2, 0) is 5.41 Å². The van der Waals surface area contributed by atoms with Gasteiger partial charge >= 0.3 is 0 Å². The summed E-state index contributed by atoms with van der Waals surface area (Å²) in [5, 5.41) is 8.81. The first kappa shape index (κ1) is 13.8. The summed E-state index contributed by atoms with van der Waals surface area (Å²) in [6.45, 7) is 1.81. The zero-order valence-corrected chi connectivity index (χ0v) is 12.0. The molecule has 0 radical (unpaired) electrons. The Hall–Kier alpha value is -2.13. The number of aliphatic hydroxyl groups is 1. The number of ketones is 1. The highest BCUT2D eigenvalue weighted by molar-refractivity contribution is 5.96. The highest BCUT2D eigenvalue weighted by Gasteiger charge is 2.38. The number of carbonyl (C=O) groups is 1. The molecular formula is C18H18O3. The van der Waals surface area contributed by atoms with Gasteiger partial charge in [0.15, 0.2) is 5.78 Å². The van der Waals surface area contributed by atoms with E-state index in [1.165, 1.54) is 18.4 Å². The number of benzene rings is 2. The average molecular weight is 282 g/mol. The lowest BCUT2D eigenvalue weighted by molar-refractivity contribution is 0.0903. The maximum atomic E-state index is 11.3. The van der Waals surface area contributed by atoms with Crippen LogP contribution in [0.25, 0.3) is 0 Å². The molecule has 21 heavy (non-hydrogen) atoms. The number of carbonyl (C=O) groups excluding carboxylic acids is 1. The molecule has 0 bridgehead atoms. The Kier molecular flexibility index (Phi) is 3.52. The molecule has 0 heterocycles. The van der Waals surface area contributed by atoms with Gasteiger partial charge in [-0.05, 0) is 60.2 Å². The molecule has 0 aromatic heterocycles. The predicted molar refractivity (Wildman–Crippen MR) is 81.0 cm³/mol. The zero-order valence-electron chi connectivity index (χ0n) is 12.0. The molecule has 1 N–H and O–H groups in total. The third-order valence-corrected chi connectivity index (χ3v) is 4.11. The molecule has 1 fully saturated rings. The number of ether oxygens (including phenoxy) is 1. The molecule has 108 valence electrons. The molecule has 2 aromatic carbocycles. The summed E-state index contributed by atoms with van der Waals surface area (Å²) >= 11 is 0. The van der Waals surface area contributed by atoms with E-state index in [2.05, 4.69) is 19.1 Å². The molecule has 1 aliphatic rings. The highest BCUT2D eigenvalue weighted by atomic mass is 16.5. The summed E-state index contributed by atoms with van der Waals surface area (Å²) in [5.41, 5.74) is 2.21. The standard InChI is InChI=1S/C18H18O3/c1-18(10-11-18)14-4-8-16(9-5-14)21-15-6-2-13(3-7-15)17(20)12-19/h2-9,19H,10-12H2,1H3. The van der Waals surface area contributed by atoms with Gasteiger partial charge in [0.2, 0.25) is 0 Å². The summed E-state index contributed by atoms with van der Waals surface area (Å²) in [6, 6.07) is 15.0. The molecular weight excluding hydrogens is 264 g/mol. The van der Waals surface area contributed by atoms with Crippen molar-refractivity contribution in [2.24, 2.45) is 0 Å². The molecule has 0 aliphatic heterocycles. The van der Waals surface area contributed by atoms with Gasteiger partial charge < -0.3 is 9.84 Å². The van der Waals surface area contributed by atoms with Crippen LogP contribution in [0.1, 0.15) is 35.7 Å². The van der Waals surface area contributed by atoms with E-state index in [-0.39, 0.29) is 5.78 Å². The largest absolute Gasteiger partial charge is 0.457 e. The maximum absolute atomic E-state index is 11.3. The molecule has 0 spiro atoms. The van der Waals surface area contributed by atoms with E-state index in [0.717, 1.165) is 5.75 Å². The average Bonchev–Trinajstić information content (AvgIpc) is 3.27. The van der Waals surface area contributed by atoms with Crippen molar-refractivity contribution in [1.29, 1.82) is 0 Å². The molecule has 3 nitrogen and oxygen atoms in total. The zero-order chi connectivity index (χ0) is 14.9. The second kappa shape index (κ2) is 5.34. The molecule has 3 heteroatoms. The van der Waals surface area contributed by atoms with Crippen LogP contribution in [0.4, 0.5) is 0 Å². The van der Waals surface area contributed by atoms with E-state index in [1.807, 2.05) is 12.1 Å². The summed E-state index contributed by atoms with van der Waals surface area (Å²) in [7, 11) is 0. The van der Waals surface area contributed by atoms with E-state index in [9.17, 15) is 4.79 Å². The Morgan fingerprint density at radius 1 is 1.05 bits per heavy atom. The van der Waals surface area contributed by atoms with Gasteiger partial charge in [0.1, 0.15) is 18.1 Å². The first-order valence-electron chi connectivity index (χ1n) is 7.13. The Morgan fingerprint density at radius 2 is 1.57 bits per heavy atom. The number of aliphatic hydroxyl groups excluding tert-OH is 1. The second-order valence-electron chi connectivity index (χ2n) is 5.79. The van der Waals surface area contributed by atoms with Gasteiger partial charge in [0, 0.05) is 5.56 Å². The Morgan fingerprint density at radius 3 is 2.05 bits per heavy atom. The molecule has 1 aliphatic carbocycles. The minimum atomic E-state index is -0.472. The Bertz CT molecular complexity index is 637. The lowest BCUT2D eigenvalue weighted by Crippen LogP contribution is -2.03. The van der Waals surface area contributed by atoms with Crippen molar-refractivity contribution in [3.8, 4) is 11.5 Å². The van der Waals surface area contributed by atoms with Gasteiger partial charge in [-0.3, -0.25) is 4.79 Å². The first-order chi connectivity index (χ1) is 10.1. The lowest BCUT2D eigenvalue weighted by Gasteiger charge is -2.10. The SMILES string of the molecule is CC1(c2ccc(Oc3ccc(C(=O)CO)cc3)cc2)CC1. The quantitative estimate of drug-likeness (QED) is 0.850. The van der Waals surface area contributed by atoms with Crippen molar-refractivity contribution < 1.29 is 14.6 Å². The van der Waals surface area contributed by atoms with Crippen LogP contribution in [0, 0.1) is 0 Å². The van der Waals surface area contributed by atoms with Crippen LogP contribution < -0.4 is 4.74 Å². The van der Waals surface area contributed by atoms with E-state index in [0.29, 0.717) is 16.7 Å². The molecule has 3 rings (SSSR count). The van der Waals surface area contributed by atoms with Crippen molar-refractivity contribution in [2.75, 3.05) is 6.61 Å². The number of hydrogen-bond donors (Lipinski definition) is 1. The van der Waals surface area contributed by atoms with Gasteiger partial charge in [-0.1, -0.05) is 19.1 Å². The van der Waals surface area contributed by atoms with Crippen LogP contribution in [0.2, 0.25) is 0 Å². The van der Waals surface area contributed by atoms with Gasteiger partial charge in [0.25, 0.3) is 0 Å². The van der Waals surface area contributed by atoms with Crippen LogP contribution in [0.15, 0.2) is 48.5 Å². The summed E-state index contributed by atoms with van der Waals surface area (Å²) in [5.74, 6) is 1.17. The normalized spacial score (nSPS) is 15.5. The fourth-order valence-corrected chi connectivity index (χ4v) is 2.34. The van der Waals surface area contributed by atoms with Crippen molar-refractivity contribution in [3.63, 3.8) is 0 Å². The predicted octanol–water partition coefficient (Wildman–Crippen LogP) is 3.71. The number of Topliss-reactive ketones (excluding diaryl/α,β-unsaturated/α-hetero) is 1. The number of hydrogen-bond acceptors (Lipinski definition) is 3. The first-order valence-corrected chi connectivity index (χ1v) is 7.13. The maximum Gasteiger partial charge on any atom is 0.188 e. The second-order valence-corrected chi connectivity index (χ2v) is 5.79. The summed E-state index contributed by atoms with van der Waals surface area (Å²) in [4.78, 5) is 11.3.